The Kier molecular flexibility index (Phi) is 6.55. The third-order valence-electron chi connectivity index (χ3n) is 6.11. The van der Waals surface area contributed by atoms with Gasteiger partial charge in [0.25, 0.3) is 0 Å². The highest BCUT2D eigenvalue weighted by atomic mass is 16.7. The highest BCUT2D eigenvalue weighted by Crippen LogP contribution is 2.42. The van der Waals surface area contributed by atoms with Gasteiger partial charge in [0.05, 0.1) is 18.8 Å². The molecule has 172 valence electrons. The number of fused-ring (bicyclic) bond motifs is 1. The average Bonchev–Trinajstić information content (AvgIpc) is 3.25. The van der Waals surface area contributed by atoms with Gasteiger partial charge in [-0.25, -0.2) is 0 Å². The first kappa shape index (κ1) is 22.4. The van der Waals surface area contributed by atoms with Gasteiger partial charge in [0, 0.05) is 24.7 Å². The van der Waals surface area contributed by atoms with Gasteiger partial charge in [-0.1, -0.05) is 26.8 Å². The molecule has 0 aliphatic carbocycles. The number of hydrogen-bond donors (Lipinski definition) is 1. The van der Waals surface area contributed by atoms with E-state index in [4.69, 9.17) is 14.2 Å². The van der Waals surface area contributed by atoms with Crippen LogP contribution in [0, 0.1) is 11.3 Å². The summed E-state index contributed by atoms with van der Waals surface area (Å²) in [5.41, 5.74) is 1.59. The number of carbonyl (C=O) groups excluding carboxylic acids is 1. The van der Waals surface area contributed by atoms with Crippen molar-refractivity contribution in [3.05, 3.63) is 47.8 Å². The molecule has 1 amide bonds. The third kappa shape index (κ3) is 4.99. The minimum absolute atomic E-state index is 0.0470. The first-order valence-corrected chi connectivity index (χ1v) is 11.3. The number of carbonyl (C=O) groups is 1. The van der Waals surface area contributed by atoms with Crippen LogP contribution in [0.4, 0.5) is 0 Å². The predicted molar refractivity (Wildman–Crippen MR) is 122 cm³/mol. The van der Waals surface area contributed by atoms with Gasteiger partial charge in [-0.3, -0.25) is 14.7 Å². The summed E-state index contributed by atoms with van der Waals surface area (Å²) in [4.78, 5) is 19.9. The molecule has 2 aliphatic rings. The van der Waals surface area contributed by atoms with Gasteiger partial charge >= 0.3 is 0 Å². The minimum atomic E-state index is -0.454. The zero-order valence-electron chi connectivity index (χ0n) is 19.4. The van der Waals surface area contributed by atoms with Gasteiger partial charge in [-0.2, -0.15) is 0 Å². The van der Waals surface area contributed by atoms with E-state index >= 15 is 0 Å². The third-order valence-corrected chi connectivity index (χ3v) is 6.11. The average molecular weight is 440 g/mol. The maximum absolute atomic E-state index is 12.9. The number of aromatic nitrogens is 1. The molecule has 2 atom stereocenters. The Bertz CT molecular complexity index is 942. The quantitative estimate of drug-likeness (QED) is 0.735. The Labute approximate surface area is 190 Å². The Hall–Kier alpha value is -2.80. The van der Waals surface area contributed by atoms with Crippen LogP contribution in [0.1, 0.15) is 50.9 Å². The van der Waals surface area contributed by atoms with Gasteiger partial charge in [-0.15, -0.1) is 0 Å². The number of nitrogens with one attached hydrogen (secondary N) is 1. The van der Waals surface area contributed by atoms with Crippen molar-refractivity contribution >= 4 is 5.91 Å². The molecule has 0 saturated carbocycles. The van der Waals surface area contributed by atoms with E-state index in [1.54, 1.807) is 13.3 Å². The lowest BCUT2D eigenvalue weighted by atomic mass is 9.86. The van der Waals surface area contributed by atoms with Crippen LogP contribution in [-0.2, 0) is 11.3 Å². The SMILES string of the molecule is COc1cc(CN2CCC[C@H]([C@H](NC(=O)C(C)(C)C)c3ccccn3)C2)cc2c1OCO2. The highest BCUT2D eigenvalue weighted by Gasteiger charge is 2.33. The Morgan fingerprint density at radius 2 is 2.16 bits per heavy atom. The number of pyridine rings is 1. The van der Waals surface area contributed by atoms with Crippen LogP contribution in [0.3, 0.4) is 0 Å². The number of nitrogens with zero attached hydrogens (tertiary/aromatic N) is 2. The normalized spacial score (nSPS) is 19.4. The summed E-state index contributed by atoms with van der Waals surface area (Å²) in [5.74, 6) is 2.43. The molecule has 1 fully saturated rings. The molecule has 0 radical (unpaired) electrons. The number of methoxy groups -OCH3 is 1. The van der Waals surface area contributed by atoms with Gasteiger partial charge in [0.2, 0.25) is 18.4 Å². The molecule has 1 aromatic carbocycles. The fraction of sp³-hybridized carbons (Fsp3) is 0.520. The monoisotopic (exact) mass is 439 g/mol. The lowest BCUT2D eigenvalue weighted by Gasteiger charge is -2.38. The summed E-state index contributed by atoms with van der Waals surface area (Å²) in [7, 11) is 1.65. The van der Waals surface area contributed by atoms with E-state index in [-0.39, 0.29) is 24.7 Å². The number of hydrogen-bond acceptors (Lipinski definition) is 6. The smallest absolute Gasteiger partial charge is 0.231 e. The lowest BCUT2D eigenvalue weighted by Crippen LogP contribution is -2.45. The molecule has 0 bridgehead atoms. The van der Waals surface area contributed by atoms with Crippen molar-refractivity contribution in [2.24, 2.45) is 11.3 Å². The summed E-state index contributed by atoms with van der Waals surface area (Å²) in [6.07, 6.45) is 3.92. The molecule has 0 unspecified atom stereocenters. The zero-order chi connectivity index (χ0) is 22.7. The molecule has 1 saturated heterocycles. The van der Waals surface area contributed by atoms with Crippen molar-refractivity contribution in [2.75, 3.05) is 27.0 Å². The van der Waals surface area contributed by atoms with E-state index in [9.17, 15) is 4.79 Å². The van der Waals surface area contributed by atoms with Crippen molar-refractivity contribution in [3.8, 4) is 17.2 Å². The highest BCUT2D eigenvalue weighted by molar-refractivity contribution is 5.81. The van der Waals surface area contributed by atoms with E-state index in [1.807, 2.05) is 51.1 Å². The topological polar surface area (TPSA) is 72.9 Å². The largest absolute Gasteiger partial charge is 0.493 e. The van der Waals surface area contributed by atoms with Crippen LogP contribution in [0.2, 0.25) is 0 Å². The van der Waals surface area contributed by atoms with Gasteiger partial charge < -0.3 is 19.5 Å². The predicted octanol–water partition coefficient (Wildman–Crippen LogP) is 3.93. The van der Waals surface area contributed by atoms with Crippen molar-refractivity contribution < 1.29 is 19.0 Å². The molecule has 3 heterocycles. The van der Waals surface area contributed by atoms with Gasteiger partial charge in [-0.05, 0) is 55.1 Å². The summed E-state index contributed by atoms with van der Waals surface area (Å²) >= 11 is 0. The molecule has 1 N–H and O–H groups in total. The molecule has 1 aromatic heterocycles. The van der Waals surface area contributed by atoms with Crippen LogP contribution in [0.5, 0.6) is 17.2 Å². The van der Waals surface area contributed by atoms with Gasteiger partial charge in [0.15, 0.2) is 11.5 Å². The number of piperidine rings is 1. The van der Waals surface area contributed by atoms with Crippen LogP contribution in [0.15, 0.2) is 36.5 Å². The molecule has 32 heavy (non-hydrogen) atoms. The van der Waals surface area contributed by atoms with Crippen LogP contribution < -0.4 is 19.5 Å². The number of likely N-dealkylation sites (tertiary alicyclic amines) is 1. The Balaban J connectivity index is 1.51. The molecular weight excluding hydrogens is 406 g/mol. The molecule has 7 nitrogen and oxygen atoms in total. The number of benzene rings is 1. The van der Waals surface area contributed by atoms with Crippen LogP contribution in [-0.4, -0.2) is 42.8 Å². The first-order valence-electron chi connectivity index (χ1n) is 11.3. The second-order valence-corrected chi connectivity index (χ2v) is 9.63. The van der Waals surface area contributed by atoms with Crippen molar-refractivity contribution in [3.63, 3.8) is 0 Å². The van der Waals surface area contributed by atoms with Crippen LogP contribution >= 0.6 is 0 Å². The molecule has 7 heteroatoms. The van der Waals surface area contributed by atoms with E-state index in [2.05, 4.69) is 15.2 Å². The molecule has 4 rings (SSSR count). The first-order chi connectivity index (χ1) is 15.3. The van der Waals surface area contributed by atoms with E-state index in [1.165, 1.54) is 0 Å². The molecule has 0 spiro atoms. The fourth-order valence-electron chi connectivity index (χ4n) is 4.39. The van der Waals surface area contributed by atoms with E-state index < -0.39 is 5.41 Å². The zero-order valence-corrected chi connectivity index (χ0v) is 19.4. The minimum Gasteiger partial charge on any atom is -0.493 e. The summed E-state index contributed by atoms with van der Waals surface area (Å²) in [6, 6.07) is 9.84. The maximum Gasteiger partial charge on any atom is 0.231 e. The van der Waals surface area contributed by atoms with Crippen molar-refractivity contribution in [1.29, 1.82) is 0 Å². The Morgan fingerprint density at radius 3 is 2.88 bits per heavy atom. The Morgan fingerprint density at radius 1 is 1.31 bits per heavy atom. The molecule has 2 aliphatic heterocycles. The molecular formula is C25H33N3O4. The summed E-state index contributed by atoms with van der Waals surface area (Å²) in [5, 5.41) is 3.29. The number of amides is 1. The van der Waals surface area contributed by atoms with E-state index in [0.717, 1.165) is 49.5 Å². The fourth-order valence-corrected chi connectivity index (χ4v) is 4.39. The van der Waals surface area contributed by atoms with E-state index in [0.29, 0.717) is 11.5 Å². The summed E-state index contributed by atoms with van der Waals surface area (Å²) in [6.45, 7) is 8.72. The lowest BCUT2D eigenvalue weighted by molar-refractivity contribution is -0.130. The van der Waals surface area contributed by atoms with Gasteiger partial charge in [0.1, 0.15) is 0 Å². The second-order valence-electron chi connectivity index (χ2n) is 9.63. The van der Waals surface area contributed by atoms with Crippen molar-refractivity contribution in [1.82, 2.24) is 15.2 Å². The van der Waals surface area contributed by atoms with Crippen molar-refractivity contribution in [2.45, 2.75) is 46.2 Å². The summed E-state index contributed by atoms with van der Waals surface area (Å²) < 4.78 is 16.6. The number of rotatable bonds is 6. The number of ether oxygens (including phenoxy) is 3. The van der Waals surface area contributed by atoms with Crippen LogP contribution in [0.25, 0.3) is 0 Å². The standard InChI is InChI=1S/C25H33N3O4/c1-25(2,3)24(29)27-22(19-9-5-6-10-26-19)18-8-7-11-28(15-18)14-17-12-20(30-4)23-21(13-17)31-16-32-23/h5-6,9-10,12-13,18,22H,7-8,11,14-16H2,1-4H3,(H,27,29)/t18-,22-/m0/s1. The molecule has 2 aromatic rings. The second kappa shape index (κ2) is 9.36. The maximum atomic E-state index is 12.9.